The maximum Gasteiger partial charge on any atom is 0.385 e. The standard InChI is InChI=1S/C6H7N3O4/c1-2-13-6(10)5-3-4-8(7-5)9(11)12/h3-4H,2H2,1H3. The summed E-state index contributed by atoms with van der Waals surface area (Å²) in [6.07, 6.45) is 1.08. The molecule has 0 aliphatic carbocycles. The molecule has 13 heavy (non-hydrogen) atoms. The molecule has 1 rings (SSSR count). The van der Waals surface area contributed by atoms with Crippen LogP contribution in [0.1, 0.15) is 17.4 Å². The predicted molar refractivity (Wildman–Crippen MR) is 40.6 cm³/mol. The van der Waals surface area contributed by atoms with Gasteiger partial charge in [-0.05, 0) is 6.92 Å². The molecular weight excluding hydrogens is 178 g/mol. The smallest absolute Gasteiger partial charge is 0.385 e. The SMILES string of the molecule is CCOC(=O)c1ccn([N+](=O)[O-])n1. The third-order valence-corrected chi connectivity index (χ3v) is 1.23. The van der Waals surface area contributed by atoms with E-state index in [1.807, 2.05) is 0 Å². The molecule has 0 amide bonds. The zero-order chi connectivity index (χ0) is 9.84. The number of ether oxygens (including phenoxy) is 1. The summed E-state index contributed by atoms with van der Waals surface area (Å²) in [5.41, 5.74) is -0.0708. The van der Waals surface area contributed by atoms with Crippen molar-refractivity contribution in [3.63, 3.8) is 0 Å². The zero-order valence-electron chi connectivity index (χ0n) is 6.84. The fourth-order valence-corrected chi connectivity index (χ4v) is 0.719. The Labute approximate surface area is 73.0 Å². The van der Waals surface area contributed by atoms with Crippen molar-refractivity contribution in [2.75, 3.05) is 6.61 Å². The summed E-state index contributed by atoms with van der Waals surface area (Å²) in [7, 11) is 0. The highest BCUT2D eigenvalue weighted by molar-refractivity contribution is 5.86. The second-order valence-electron chi connectivity index (χ2n) is 2.08. The molecule has 0 saturated carbocycles. The second kappa shape index (κ2) is 3.65. The van der Waals surface area contributed by atoms with Crippen LogP contribution < -0.4 is 0 Å². The molecule has 0 aliphatic heterocycles. The van der Waals surface area contributed by atoms with Gasteiger partial charge in [0, 0.05) is 10.9 Å². The predicted octanol–water partition coefficient (Wildman–Crippen LogP) is 0.0996. The molecule has 7 nitrogen and oxygen atoms in total. The number of esters is 1. The van der Waals surface area contributed by atoms with E-state index in [2.05, 4.69) is 9.84 Å². The molecule has 0 unspecified atom stereocenters. The van der Waals surface area contributed by atoms with Gasteiger partial charge in [-0.25, -0.2) is 4.79 Å². The Balaban J connectivity index is 2.79. The van der Waals surface area contributed by atoms with Crippen LogP contribution in [0.3, 0.4) is 0 Å². The molecule has 0 aromatic carbocycles. The van der Waals surface area contributed by atoms with Crippen LogP contribution in [-0.2, 0) is 4.74 Å². The number of nitrogens with zero attached hydrogens (tertiary/aromatic N) is 3. The van der Waals surface area contributed by atoms with Crippen molar-refractivity contribution in [3.05, 3.63) is 28.1 Å². The maximum atomic E-state index is 11.0. The number of nitro groups is 1. The highest BCUT2D eigenvalue weighted by Gasteiger charge is 2.17. The van der Waals surface area contributed by atoms with Crippen molar-refractivity contribution in [3.8, 4) is 0 Å². The number of carbonyl (C=O) groups is 1. The number of hydrogen-bond donors (Lipinski definition) is 0. The van der Waals surface area contributed by atoms with Crippen molar-refractivity contribution < 1.29 is 14.6 Å². The van der Waals surface area contributed by atoms with Gasteiger partial charge >= 0.3 is 5.97 Å². The first-order valence-corrected chi connectivity index (χ1v) is 3.52. The van der Waals surface area contributed by atoms with Gasteiger partial charge in [-0.1, -0.05) is 0 Å². The van der Waals surface area contributed by atoms with E-state index in [-0.39, 0.29) is 12.3 Å². The van der Waals surface area contributed by atoms with Gasteiger partial charge in [-0.3, -0.25) is 0 Å². The summed E-state index contributed by atoms with van der Waals surface area (Å²) in [4.78, 5) is 21.6. The molecule has 0 N–H and O–H groups in total. The van der Waals surface area contributed by atoms with Crippen molar-refractivity contribution in [1.29, 1.82) is 0 Å². The Morgan fingerprint density at radius 3 is 3.00 bits per heavy atom. The maximum absolute atomic E-state index is 11.0. The van der Waals surface area contributed by atoms with E-state index in [1.165, 1.54) is 6.07 Å². The van der Waals surface area contributed by atoms with Gasteiger partial charge in [-0.2, -0.15) is 0 Å². The summed E-state index contributed by atoms with van der Waals surface area (Å²) in [5.74, 6) is -0.664. The normalized spacial score (nSPS) is 9.62. The van der Waals surface area contributed by atoms with E-state index in [9.17, 15) is 14.9 Å². The van der Waals surface area contributed by atoms with Crippen LogP contribution in [0.4, 0.5) is 0 Å². The first-order valence-electron chi connectivity index (χ1n) is 3.52. The minimum Gasteiger partial charge on any atom is -0.460 e. The van der Waals surface area contributed by atoms with Crippen LogP contribution in [0.2, 0.25) is 0 Å². The molecule has 1 aromatic rings. The van der Waals surface area contributed by atoms with Gasteiger partial charge in [0.05, 0.1) is 16.7 Å². The van der Waals surface area contributed by atoms with Gasteiger partial charge in [0.2, 0.25) is 0 Å². The Hall–Kier alpha value is -1.92. The molecular formula is C6H7N3O4. The molecule has 0 spiro atoms. The van der Waals surface area contributed by atoms with E-state index in [0.29, 0.717) is 4.79 Å². The van der Waals surface area contributed by atoms with Crippen molar-refractivity contribution in [2.24, 2.45) is 0 Å². The van der Waals surface area contributed by atoms with Crippen LogP contribution in [0, 0.1) is 10.1 Å². The van der Waals surface area contributed by atoms with Crippen molar-refractivity contribution in [1.82, 2.24) is 9.89 Å². The molecule has 70 valence electrons. The number of rotatable bonds is 3. The third kappa shape index (κ3) is 2.01. The summed E-state index contributed by atoms with van der Waals surface area (Å²) in [5, 5.41) is 12.8. The Kier molecular flexibility index (Phi) is 2.58. The Morgan fingerprint density at radius 2 is 2.54 bits per heavy atom. The molecule has 0 fully saturated rings. The van der Waals surface area contributed by atoms with E-state index in [4.69, 9.17) is 0 Å². The van der Waals surface area contributed by atoms with Gasteiger partial charge in [0.1, 0.15) is 6.20 Å². The second-order valence-corrected chi connectivity index (χ2v) is 2.08. The fourth-order valence-electron chi connectivity index (χ4n) is 0.719. The third-order valence-electron chi connectivity index (χ3n) is 1.23. The van der Waals surface area contributed by atoms with Crippen LogP contribution >= 0.6 is 0 Å². The lowest BCUT2D eigenvalue weighted by atomic mass is 10.4. The van der Waals surface area contributed by atoms with Crippen LogP contribution in [0.5, 0.6) is 0 Å². The van der Waals surface area contributed by atoms with Gasteiger partial charge < -0.3 is 14.9 Å². The van der Waals surface area contributed by atoms with Gasteiger partial charge in [0.15, 0.2) is 0 Å². The monoisotopic (exact) mass is 185 g/mol. The van der Waals surface area contributed by atoms with Crippen molar-refractivity contribution >= 4 is 5.97 Å². The van der Waals surface area contributed by atoms with Gasteiger partial charge in [-0.15, -0.1) is 0 Å². The summed E-state index contributed by atoms with van der Waals surface area (Å²) >= 11 is 0. The number of aromatic nitrogens is 2. The Bertz CT molecular complexity index is 332. The summed E-state index contributed by atoms with van der Waals surface area (Å²) in [6, 6.07) is 1.22. The largest absolute Gasteiger partial charge is 0.460 e. The van der Waals surface area contributed by atoms with Crippen molar-refractivity contribution in [2.45, 2.75) is 6.92 Å². The van der Waals surface area contributed by atoms with Gasteiger partial charge in [0.25, 0.3) is 5.69 Å². The van der Waals surface area contributed by atoms with E-state index in [1.54, 1.807) is 6.92 Å². The molecule has 7 heteroatoms. The van der Waals surface area contributed by atoms with Crippen LogP contribution in [0.15, 0.2) is 12.3 Å². The van der Waals surface area contributed by atoms with E-state index >= 15 is 0 Å². The average molecular weight is 185 g/mol. The van der Waals surface area contributed by atoms with Crippen LogP contribution in [0.25, 0.3) is 0 Å². The first-order chi connectivity index (χ1) is 6.15. The van der Waals surface area contributed by atoms with E-state index in [0.717, 1.165) is 6.20 Å². The van der Waals surface area contributed by atoms with Crippen LogP contribution in [-0.4, -0.2) is 27.5 Å². The molecule has 0 aliphatic rings. The lowest BCUT2D eigenvalue weighted by molar-refractivity contribution is -0.552. The van der Waals surface area contributed by atoms with E-state index < -0.39 is 11.0 Å². The molecule has 0 bridgehead atoms. The fraction of sp³-hybridized carbons (Fsp3) is 0.333. The minimum absolute atomic E-state index is 0.0708. The summed E-state index contributed by atoms with van der Waals surface area (Å²) < 4.78 is 4.58. The quantitative estimate of drug-likeness (QED) is 0.378. The molecule has 0 atom stereocenters. The lowest BCUT2D eigenvalue weighted by Gasteiger charge is -1.92. The molecule has 0 saturated heterocycles. The first kappa shape index (κ1) is 9.17. The highest BCUT2D eigenvalue weighted by atomic mass is 16.7. The topological polar surface area (TPSA) is 87.3 Å². The number of carbonyl (C=O) groups excluding carboxylic acids is 1. The summed E-state index contributed by atoms with van der Waals surface area (Å²) in [6.45, 7) is 1.85. The number of hydrogen-bond acceptors (Lipinski definition) is 5. The average Bonchev–Trinajstić information content (AvgIpc) is 2.52. The molecule has 0 radical (unpaired) electrons. The zero-order valence-corrected chi connectivity index (χ0v) is 6.84. The Morgan fingerprint density at radius 1 is 1.85 bits per heavy atom. The lowest BCUT2D eigenvalue weighted by Crippen LogP contribution is -2.11. The minimum atomic E-state index is -0.747. The molecule has 1 aromatic heterocycles. The molecule has 1 heterocycles. The highest BCUT2D eigenvalue weighted by Crippen LogP contribution is 1.97.